The number of benzene rings is 2. The summed E-state index contributed by atoms with van der Waals surface area (Å²) < 4.78 is 5.56. The Morgan fingerprint density at radius 1 is 1.12 bits per heavy atom. The van der Waals surface area contributed by atoms with Gasteiger partial charge in [0.05, 0.1) is 17.4 Å². The van der Waals surface area contributed by atoms with Crippen molar-refractivity contribution in [1.29, 1.82) is 5.26 Å². The number of ether oxygens (including phenoxy) is 1. The second-order valence-electron chi connectivity index (χ2n) is 5.13. The second-order valence-corrected chi connectivity index (χ2v) is 5.57. The van der Waals surface area contributed by atoms with Gasteiger partial charge in [-0.2, -0.15) is 5.26 Å². The molecule has 2 rings (SSSR count). The number of amides is 2. The topological polar surface area (TPSA) is 91.2 Å². The Morgan fingerprint density at radius 3 is 2.32 bits per heavy atom. The predicted molar refractivity (Wildman–Crippen MR) is 95.5 cm³/mol. The fourth-order valence-corrected chi connectivity index (χ4v) is 2.10. The molecule has 0 radical (unpaired) electrons. The fraction of sp³-hybridized carbons (Fsp3) is 0.167. The minimum absolute atomic E-state index is 0.266. The molecule has 1 atom stereocenters. The third-order valence-corrected chi connectivity index (χ3v) is 3.45. The number of carbonyl (C=O) groups excluding carboxylic acids is 2. The lowest BCUT2D eigenvalue weighted by molar-refractivity contribution is -0.122. The van der Waals surface area contributed by atoms with E-state index in [9.17, 15) is 9.59 Å². The number of rotatable bonds is 6. The first-order valence-corrected chi connectivity index (χ1v) is 7.86. The normalized spacial score (nSPS) is 11.1. The van der Waals surface area contributed by atoms with Crippen molar-refractivity contribution in [2.75, 3.05) is 10.6 Å². The summed E-state index contributed by atoms with van der Waals surface area (Å²) in [5.74, 6) is -0.311. The molecule has 0 aromatic heterocycles. The van der Waals surface area contributed by atoms with Gasteiger partial charge in [0.2, 0.25) is 5.91 Å². The Kier molecular flexibility index (Phi) is 6.38. The van der Waals surface area contributed by atoms with Crippen LogP contribution in [0.25, 0.3) is 0 Å². The zero-order valence-corrected chi connectivity index (χ0v) is 14.2. The van der Waals surface area contributed by atoms with Crippen LogP contribution >= 0.6 is 11.6 Å². The van der Waals surface area contributed by atoms with Gasteiger partial charge in [-0.15, -0.1) is 0 Å². The van der Waals surface area contributed by atoms with Crippen LogP contribution in [0.4, 0.5) is 11.4 Å². The molecule has 2 amide bonds. The van der Waals surface area contributed by atoms with E-state index in [-0.39, 0.29) is 12.3 Å². The van der Waals surface area contributed by atoms with E-state index in [1.807, 2.05) is 0 Å². The SMILES string of the molecule is CC(Oc1ccc(Cl)cc1)C(=O)Nc1ccccc1NC(=O)CC#N. The smallest absolute Gasteiger partial charge is 0.265 e. The Bertz CT molecular complexity index is 800. The lowest BCUT2D eigenvalue weighted by Gasteiger charge is -2.16. The Labute approximate surface area is 150 Å². The third-order valence-electron chi connectivity index (χ3n) is 3.19. The van der Waals surface area contributed by atoms with Gasteiger partial charge in [0.15, 0.2) is 6.10 Å². The number of nitriles is 1. The molecule has 0 spiro atoms. The van der Waals surface area contributed by atoms with Gasteiger partial charge in [-0.05, 0) is 43.3 Å². The maximum atomic E-state index is 12.3. The van der Waals surface area contributed by atoms with Crippen molar-refractivity contribution >= 4 is 34.8 Å². The number of anilines is 2. The van der Waals surface area contributed by atoms with Gasteiger partial charge in [0, 0.05) is 5.02 Å². The summed E-state index contributed by atoms with van der Waals surface area (Å²) in [7, 11) is 0. The molecule has 2 aromatic rings. The summed E-state index contributed by atoms with van der Waals surface area (Å²) in [5, 5.41) is 14.4. The molecule has 0 fully saturated rings. The average Bonchev–Trinajstić information content (AvgIpc) is 2.58. The zero-order chi connectivity index (χ0) is 18.2. The van der Waals surface area contributed by atoms with Crippen LogP contribution < -0.4 is 15.4 Å². The number of halogens is 1. The molecule has 128 valence electrons. The summed E-state index contributed by atoms with van der Waals surface area (Å²) in [6, 6.07) is 15.2. The third kappa shape index (κ3) is 5.52. The van der Waals surface area contributed by atoms with Gasteiger partial charge >= 0.3 is 0 Å². The molecule has 0 bridgehead atoms. The lowest BCUT2D eigenvalue weighted by Crippen LogP contribution is -2.30. The first-order chi connectivity index (χ1) is 12.0. The molecule has 0 heterocycles. The molecule has 0 aliphatic rings. The number of hydrogen-bond acceptors (Lipinski definition) is 4. The lowest BCUT2D eigenvalue weighted by atomic mass is 10.2. The summed E-state index contributed by atoms with van der Waals surface area (Å²) in [5.41, 5.74) is 0.833. The summed E-state index contributed by atoms with van der Waals surface area (Å²) in [4.78, 5) is 23.9. The van der Waals surface area contributed by atoms with E-state index in [0.29, 0.717) is 22.1 Å². The number of para-hydroxylation sites is 2. The summed E-state index contributed by atoms with van der Waals surface area (Å²) in [6.45, 7) is 1.61. The van der Waals surface area contributed by atoms with Crippen molar-refractivity contribution in [1.82, 2.24) is 0 Å². The molecule has 0 saturated heterocycles. The highest BCUT2D eigenvalue weighted by Crippen LogP contribution is 2.22. The van der Waals surface area contributed by atoms with Crippen LogP contribution in [-0.2, 0) is 9.59 Å². The first-order valence-electron chi connectivity index (χ1n) is 7.48. The number of hydrogen-bond donors (Lipinski definition) is 2. The van der Waals surface area contributed by atoms with Gasteiger partial charge in [-0.1, -0.05) is 23.7 Å². The van der Waals surface area contributed by atoms with Crippen LogP contribution in [0.3, 0.4) is 0 Å². The van der Waals surface area contributed by atoms with E-state index < -0.39 is 12.0 Å². The monoisotopic (exact) mass is 357 g/mol. The van der Waals surface area contributed by atoms with Crippen LogP contribution in [0, 0.1) is 11.3 Å². The van der Waals surface area contributed by atoms with E-state index in [1.165, 1.54) is 0 Å². The molecule has 25 heavy (non-hydrogen) atoms. The number of nitrogens with one attached hydrogen (secondary N) is 2. The molecule has 2 aromatic carbocycles. The molecule has 0 aliphatic heterocycles. The largest absolute Gasteiger partial charge is 0.481 e. The zero-order valence-electron chi connectivity index (χ0n) is 13.5. The van der Waals surface area contributed by atoms with Crippen LogP contribution in [-0.4, -0.2) is 17.9 Å². The number of nitrogens with zero attached hydrogens (tertiary/aromatic N) is 1. The summed E-state index contributed by atoms with van der Waals surface area (Å²) in [6.07, 6.45) is -1.03. The Hall–Kier alpha value is -3.04. The standard InChI is InChI=1S/C18H16ClN3O3/c1-12(25-14-8-6-13(19)7-9-14)18(24)22-16-5-3-2-4-15(16)21-17(23)10-11-20/h2-9,12H,10H2,1H3,(H,21,23)(H,22,24). The van der Waals surface area contributed by atoms with Crippen LogP contribution in [0.5, 0.6) is 5.75 Å². The minimum Gasteiger partial charge on any atom is -0.481 e. The second kappa shape index (κ2) is 8.71. The maximum Gasteiger partial charge on any atom is 0.265 e. The highest BCUT2D eigenvalue weighted by Gasteiger charge is 2.17. The van der Waals surface area contributed by atoms with Gasteiger partial charge < -0.3 is 15.4 Å². The van der Waals surface area contributed by atoms with Crippen molar-refractivity contribution in [3.63, 3.8) is 0 Å². The molecule has 0 aliphatic carbocycles. The quantitative estimate of drug-likeness (QED) is 0.826. The van der Waals surface area contributed by atoms with Crippen molar-refractivity contribution in [2.24, 2.45) is 0 Å². The van der Waals surface area contributed by atoms with Crippen molar-refractivity contribution in [2.45, 2.75) is 19.4 Å². The van der Waals surface area contributed by atoms with Crippen LogP contribution in [0.2, 0.25) is 5.02 Å². The van der Waals surface area contributed by atoms with E-state index >= 15 is 0 Å². The van der Waals surface area contributed by atoms with Crippen molar-refractivity contribution in [3.8, 4) is 11.8 Å². The van der Waals surface area contributed by atoms with Gasteiger partial charge in [0.1, 0.15) is 12.2 Å². The molecular weight excluding hydrogens is 342 g/mol. The van der Waals surface area contributed by atoms with E-state index in [1.54, 1.807) is 61.5 Å². The van der Waals surface area contributed by atoms with Gasteiger partial charge in [-0.3, -0.25) is 9.59 Å². The molecule has 1 unspecified atom stereocenters. The van der Waals surface area contributed by atoms with E-state index in [4.69, 9.17) is 21.6 Å². The van der Waals surface area contributed by atoms with Gasteiger partial charge in [-0.25, -0.2) is 0 Å². The maximum absolute atomic E-state index is 12.3. The molecule has 7 heteroatoms. The molecule has 6 nitrogen and oxygen atoms in total. The first kappa shape index (κ1) is 18.3. The molecular formula is C18H16ClN3O3. The highest BCUT2D eigenvalue weighted by molar-refractivity contribution is 6.30. The van der Waals surface area contributed by atoms with Crippen LogP contribution in [0.15, 0.2) is 48.5 Å². The Balaban J connectivity index is 2.03. The molecule has 2 N–H and O–H groups in total. The van der Waals surface area contributed by atoms with E-state index in [2.05, 4.69) is 10.6 Å². The fourth-order valence-electron chi connectivity index (χ4n) is 1.97. The minimum atomic E-state index is -0.760. The van der Waals surface area contributed by atoms with Gasteiger partial charge in [0.25, 0.3) is 5.91 Å². The number of carbonyl (C=O) groups is 2. The Morgan fingerprint density at radius 2 is 1.72 bits per heavy atom. The average molecular weight is 358 g/mol. The molecule has 0 saturated carbocycles. The van der Waals surface area contributed by atoms with Crippen molar-refractivity contribution < 1.29 is 14.3 Å². The van der Waals surface area contributed by atoms with Crippen LogP contribution in [0.1, 0.15) is 13.3 Å². The van der Waals surface area contributed by atoms with Crippen molar-refractivity contribution in [3.05, 3.63) is 53.6 Å². The summed E-state index contributed by atoms with van der Waals surface area (Å²) >= 11 is 5.81. The highest BCUT2D eigenvalue weighted by atomic mass is 35.5. The van der Waals surface area contributed by atoms with E-state index in [0.717, 1.165) is 0 Å². The predicted octanol–water partition coefficient (Wildman–Crippen LogP) is 3.60.